The molecule has 0 aliphatic heterocycles. The normalized spacial score (nSPS) is 13.5. The minimum Gasteiger partial charge on any atom is -0.301 e. The lowest BCUT2D eigenvalue weighted by Gasteiger charge is -2.24. The summed E-state index contributed by atoms with van der Waals surface area (Å²) in [5.74, 6) is -0.317. The number of hydrogen-bond donors (Lipinski definition) is 1. The first-order valence-corrected chi connectivity index (χ1v) is 9.48. The van der Waals surface area contributed by atoms with Crippen LogP contribution in [0.4, 0.5) is 4.39 Å². The van der Waals surface area contributed by atoms with Gasteiger partial charge in [-0.05, 0) is 50.4 Å². The zero-order valence-corrected chi connectivity index (χ0v) is 15.4. The van der Waals surface area contributed by atoms with E-state index < -0.39 is 10.0 Å². The Balaban J connectivity index is 2.05. The van der Waals surface area contributed by atoms with Crippen LogP contribution < -0.4 is 4.72 Å². The third kappa shape index (κ3) is 6.08. The van der Waals surface area contributed by atoms with Gasteiger partial charge in [0.1, 0.15) is 5.82 Å². The summed E-state index contributed by atoms with van der Waals surface area (Å²) in [5.41, 5.74) is 2.78. The lowest BCUT2D eigenvalue weighted by molar-refractivity contribution is 0.299. The van der Waals surface area contributed by atoms with Crippen molar-refractivity contribution in [1.82, 2.24) is 9.62 Å². The number of halogens is 1. The van der Waals surface area contributed by atoms with E-state index in [1.165, 1.54) is 12.1 Å². The monoisotopic (exact) mass is 362 g/mol. The fourth-order valence-electron chi connectivity index (χ4n) is 2.37. The summed E-state index contributed by atoms with van der Waals surface area (Å²) >= 11 is 0. The summed E-state index contributed by atoms with van der Waals surface area (Å²) in [7, 11) is 0.137. The molecule has 1 atom stereocenters. The highest BCUT2D eigenvalue weighted by Crippen LogP contribution is 2.18. The van der Waals surface area contributed by atoms with E-state index in [0.29, 0.717) is 0 Å². The molecule has 2 aromatic rings. The molecule has 0 fully saturated rings. The number of likely N-dealkylation sites (N-methyl/N-ethyl adjacent to an activating group) is 1. The molecule has 134 valence electrons. The van der Waals surface area contributed by atoms with Crippen molar-refractivity contribution in [3.05, 3.63) is 76.4 Å². The topological polar surface area (TPSA) is 49.4 Å². The van der Waals surface area contributed by atoms with E-state index in [2.05, 4.69) is 4.72 Å². The van der Waals surface area contributed by atoms with Crippen molar-refractivity contribution in [3.8, 4) is 0 Å². The van der Waals surface area contributed by atoms with Gasteiger partial charge in [-0.3, -0.25) is 0 Å². The fraction of sp³-hybridized carbons (Fsp3) is 0.263. The van der Waals surface area contributed by atoms with Crippen molar-refractivity contribution in [2.75, 3.05) is 20.6 Å². The molecule has 2 rings (SSSR count). The van der Waals surface area contributed by atoms with Crippen LogP contribution in [0.15, 0.2) is 53.9 Å². The molecule has 0 aliphatic carbocycles. The molecule has 0 saturated heterocycles. The molecule has 6 heteroatoms. The lowest BCUT2D eigenvalue weighted by Crippen LogP contribution is -2.33. The smallest absolute Gasteiger partial charge is 0.233 e. The van der Waals surface area contributed by atoms with E-state index in [9.17, 15) is 12.8 Å². The van der Waals surface area contributed by atoms with Crippen molar-refractivity contribution in [3.63, 3.8) is 0 Å². The molecule has 0 spiro atoms. The second-order valence-electron chi connectivity index (χ2n) is 6.14. The Labute approximate surface area is 149 Å². The number of rotatable bonds is 7. The first-order valence-electron chi connectivity index (χ1n) is 7.93. The summed E-state index contributed by atoms with van der Waals surface area (Å²) < 4.78 is 40.1. The zero-order valence-electron chi connectivity index (χ0n) is 14.6. The highest BCUT2D eigenvalue weighted by Gasteiger charge is 2.16. The molecule has 0 heterocycles. The Morgan fingerprint density at radius 3 is 2.24 bits per heavy atom. The molecule has 0 unspecified atom stereocenters. The van der Waals surface area contributed by atoms with E-state index in [0.717, 1.165) is 22.1 Å². The molecule has 0 amide bonds. The van der Waals surface area contributed by atoms with Gasteiger partial charge in [-0.2, -0.15) is 0 Å². The van der Waals surface area contributed by atoms with Crippen LogP contribution in [0.5, 0.6) is 0 Å². The minimum atomic E-state index is -3.57. The van der Waals surface area contributed by atoms with Crippen molar-refractivity contribution in [1.29, 1.82) is 0 Å². The van der Waals surface area contributed by atoms with Crippen LogP contribution in [-0.2, 0) is 10.0 Å². The highest BCUT2D eigenvalue weighted by molar-refractivity contribution is 7.92. The van der Waals surface area contributed by atoms with Gasteiger partial charge in [0.2, 0.25) is 10.0 Å². The van der Waals surface area contributed by atoms with E-state index in [1.54, 1.807) is 18.2 Å². The molecule has 0 aliphatic rings. The average molecular weight is 362 g/mol. The molecule has 0 bridgehead atoms. The maximum atomic E-state index is 13.1. The predicted octanol–water partition coefficient (Wildman–Crippen LogP) is 3.33. The second kappa shape index (κ2) is 8.38. The first kappa shape index (κ1) is 19.3. The quantitative estimate of drug-likeness (QED) is 0.822. The third-order valence-electron chi connectivity index (χ3n) is 3.87. The molecule has 1 N–H and O–H groups in total. The third-order valence-corrected chi connectivity index (χ3v) is 4.94. The van der Waals surface area contributed by atoms with Gasteiger partial charge in [-0.15, -0.1) is 0 Å². The standard InChI is InChI=1S/C19H23FN2O2S/c1-15-4-6-16(7-5-15)12-13-25(23,24)21-14-19(22(2)3)17-8-10-18(20)11-9-17/h4-13,19,21H,14H2,1-3H3/b13-12+/t19-/m0/s1. The predicted molar refractivity (Wildman–Crippen MR) is 100.0 cm³/mol. The number of nitrogens with one attached hydrogen (secondary N) is 1. The molecule has 0 radical (unpaired) electrons. The van der Waals surface area contributed by atoms with Crippen LogP contribution in [-0.4, -0.2) is 34.0 Å². The maximum absolute atomic E-state index is 13.1. The van der Waals surface area contributed by atoms with Crippen LogP contribution in [0.3, 0.4) is 0 Å². The van der Waals surface area contributed by atoms with E-state index in [1.807, 2.05) is 50.2 Å². The van der Waals surface area contributed by atoms with Gasteiger partial charge >= 0.3 is 0 Å². The summed E-state index contributed by atoms with van der Waals surface area (Å²) in [6, 6.07) is 13.5. The largest absolute Gasteiger partial charge is 0.301 e. The van der Waals surface area contributed by atoms with Gasteiger partial charge < -0.3 is 4.90 Å². The number of sulfonamides is 1. The van der Waals surface area contributed by atoms with Gasteiger partial charge in [-0.25, -0.2) is 17.5 Å². The number of aryl methyl sites for hydroxylation is 1. The lowest BCUT2D eigenvalue weighted by atomic mass is 10.1. The summed E-state index contributed by atoms with van der Waals surface area (Å²) in [6.45, 7) is 2.17. The average Bonchev–Trinajstić information content (AvgIpc) is 2.56. The minimum absolute atomic E-state index is 0.192. The van der Waals surface area contributed by atoms with Crippen LogP contribution in [0.2, 0.25) is 0 Å². The Bertz CT molecular complexity index is 814. The van der Waals surface area contributed by atoms with Crippen molar-refractivity contribution < 1.29 is 12.8 Å². The number of nitrogens with zero attached hydrogens (tertiary/aromatic N) is 1. The molecule has 0 aromatic heterocycles. The van der Waals surface area contributed by atoms with Crippen LogP contribution in [0, 0.1) is 12.7 Å². The SMILES string of the molecule is Cc1ccc(/C=C/S(=O)(=O)NC[C@@H](c2ccc(F)cc2)N(C)C)cc1. The first-order chi connectivity index (χ1) is 11.8. The maximum Gasteiger partial charge on any atom is 0.233 e. The molecule has 25 heavy (non-hydrogen) atoms. The summed E-state index contributed by atoms with van der Waals surface area (Å²) in [5, 5.41) is 1.16. The Kier molecular flexibility index (Phi) is 6.47. The molecule has 4 nitrogen and oxygen atoms in total. The van der Waals surface area contributed by atoms with Gasteiger partial charge in [0.25, 0.3) is 0 Å². The molecule has 0 saturated carbocycles. The van der Waals surface area contributed by atoms with Crippen molar-refractivity contribution in [2.24, 2.45) is 0 Å². The Morgan fingerprint density at radius 2 is 1.68 bits per heavy atom. The van der Waals surface area contributed by atoms with Crippen LogP contribution in [0.25, 0.3) is 6.08 Å². The second-order valence-corrected chi connectivity index (χ2v) is 7.79. The van der Waals surface area contributed by atoms with Crippen LogP contribution >= 0.6 is 0 Å². The summed E-state index contributed by atoms with van der Waals surface area (Å²) in [6.07, 6.45) is 1.56. The molecular weight excluding hydrogens is 339 g/mol. The van der Waals surface area contributed by atoms with E-state index >= 15 is 0 Å². The Hall–Kier alpha value is -2.02. The molecule has 2 aromatic carbocycles. The highest BCUT2D eigenvalue weighted by atomic mass is 32.2. The Morgan fingerprint density at radius 1 is 1.08 bits per heavy atom. The van der Waals surface area contributed by atoms with Gasteiger partial charge in [0.15, 0.2) is 0 Å². The van der Waals surface area contributed by atoms with E-state index in [4.69, 9.17) is 0 Å². The van der Waals surface area contributed by atoms with Crippen molar-refractivity contribution in [2.45, 2.75) is 13.0 Å². The van der Waals surface area contributed by atoms with E-state index in [-0.39, 0.29) is 18.4 Å². The number of benzene rings is 2. The summed E-state index contributed by atoms with van der Waals surface area (Å²) in [4.78, 5) is 1.89. The van der Waals surface area contributed by atoms with Crippen molar-refractivity contribution >= 4 is 16.1 Å². The van der Waals surface area contributed by atoms with Crippen LogP contribution in [0.1, 0.15) is 22.7 Å². The van der Waals surface area contributed by atoms with Gasteiger partial charge in [-0.1, -0.05) is 42.0 Å². The number of hydrogen-bond acceptors (Lipinski definition) is 3. The molecular formula is C19H23FN2O2S. The fourth-order valence-corrected chi connectivity index (χ4v) is 3.20. The van der Waals surface area contributed by atoms with Gasteiger partial charge in [0.05, 0.1) is 0 Å². The zero-order chi connectivity index (χ0) is 18.4. The van der Waals surface area contributed by atoms with Gasteiger partial charge in [0, 0.05) is 18.0 Å².